The van der Waals surface area contributed by atoms with Crippen LogP contribution in [0.25, 0.3) is 0 Å². The van der Waals surface area contributed by atoms with Crippen LogP contribution in [0.2, 0.25) is 0 Å². The molecule has 0 spiro atoms. The highest BCUT2D eigenvalue weighted by Gasteiger charge is 2.19. The quantitative estimate of drug-likeness (QED) is 0.761. The molecule has 0 aromatic carbocycles. The summed E-state index contributed by atoms with van der Waals surface area (Å²) in [6.07, 6.45) is 0.996. The maximum atomic E-state index is 12.3. The Hall–Kier alpha value is -1.60. The fraction of sp³-hybridized carbons (Fsp3) is 0.429. The largest absolute Gasteiger partial charge is 0.382 e. The molecule has 2 heterocycles. The average Bonchev–Trinajstić information content (AvgIpc) is 3.02. The molecule has 2 rings (SSSR count). The molecule has 7 heteroatoms. The van der Waals surface area contributed by atoms with E-state index >= 15 is 0 Å². The van der Waals surface area contributed by atoms with Gasteiger partial charge in [0.15, 0.2) is 5.13 Å². The molecule has 4 N–H and O–H groups in total. The van der Waals surface area contributed by atoms with Crippen LogP contribution < -0.4 is 16.4 Å². The van der Waals surface area contributed by atoms with Crippen LogP contribution in [-0.2, 0) is 0 Å². The van der Waals surface area contributed by atoms with E-state index in [1.54, 1.807) is 11.3 Å². The molecule has 0 saturated carbocycles. The van der Waals surface area contributed by atoms with Gasteiger partial charge in [-0.25, -0.2) is 4.98 Å². The van der Waals surface area contributed by atoms with E-state index in [1.165, 1.54) is 16.2 Å². The minimum Gasteiger partial charge on any atom is -0.382 e. The predicted molar refractivity (Wildman–Crippen MR) is 90.2 cm³/mol. The summed E-state index contributed by atoms with van der Waals surface area (Å²) in [5.41, 5.74) is 5.83. The van der Waals surface area contributed by atoms with Crippen LogP contribution in [0, 0.1) is 6.92 Å². The van der Waals surface area contributed by atoms with Crippen molar-refractivity contribution in [1.82, 2.24) is 10.3 Å². The summed E-state index contributed by atoms with van der Waals surface area (Å²) in [4.78, 5) is 19.3. The zero-order valence-corrected chi connectivity index (χ0v) is 14.0. The van der Waals surface area contributed by atoms with Gasteiger partial charge in [-0.15, -0.1) is 11.3 Å². The van der Waals surface area contributed by atoms with Gasteiger partial charge in [-0.3, -0.25) is 4.79 Å². The lowest BCUT2D eigenvalue weighted by Crippen LogP contribution is -2.26. The summed E-state index contributed by atoms with van der Waals surface area (Å²) in [5.74, 6) is 0.110. The molecular weight excluding hydrogens is 304 g/mol. The van der Waals surface area contributed by atoms with Crippen molar-refractivity contribution >= 4 is 39.5 Å². The Morgan fingerprint density at radius 3 is 2.81 bits per heavy atom. The molecule has 5 nitrogen and oxygen atoms in total. The standard InChI is InChI=1S/C14H20N4OS2/c1-4-7-16-14-18-12(15)11(21-14)13(19)17-9(3)10-6-5-8(2)20-10/h5-6,9H,4,7,15H2,1-3H3,(H,16,18)(H,17,19). The number of rotatable bonds is 6. The van der Waals surface area contributed by atoms with Gasteiger partial charge in [0.25, 0.3) is 5.91 Å². The summed E-state index contributed by atoms with van der Waals surface area (Å²) in [5, 5.41) is 6.81. The first-order valence-corrected chi connectivity index (χ1v) is 8.52. The number of nitrogens with zero attached hydrogens (tertiary/aromatic N) is 1. The van der Waals surface area contributed by atoms with Gasteiger partial charge in [0.1, 0.15) is 10.7 Å². The summed E-state index contributed by atoms with van der Waals surface area (Å²) in [6.45, 7) is 6.91. The average molecular weight is 324 g/mol. The van der Waals surface area contributed by atoms with Crippen LogP contribution in [-0.4, -0.2) is 17.4 Å². The minimum atomic E-state index is -0.173. The normalized spacial score (nSPS) is 12.1. The van der Waals surface area contributed by atoms with Crippen LogP contribution in [0.1, 0.15) is 45.7 Å². The summed E-state index contributed by atoms with van der Waals surface area (Å²) in [6, 6.07) is 4.05. The number of aromatic nitrogens is 1. The zero-order chi connectivity index (χ0) is 15.4. The van der Waals surface area contributed by atoms with E-state index in [9.17, 15) is 4.79 Å². The highest BCUT2D eigenvalue weighted by Crippen LogP contribution is 2.27. The number of thiazole rings is 1. The number of hydrogen-bond donors (Lipinski definition) is 3. The number of nitrogens with two attached hydrogens (primary N) is 1. The monoisotopic (exact) mass is 324 g/mol. The molecule has 0 aliphatic rings. The molecule has 0 radical (unpaired) electrons. The molecule has 0 aliphatic carbocycles. The number of anilines is 2. The van der Waals surface area contributed by atoms with Gasteiger partial charge < -0.3 is 16.4 Å². The summed E-state index contributed by atoms with van der Waals surface area (Å²) < 4.78 is 0. The predicted octanol–water partition coefficient (Wildman–Crippen LogP) is 3.41. The van der Waals surface area contributed by atoms with Crippen LogP contribution in [0.15, 0.2) is 12.1 Å². The van der Waals surface area contributed by atoms with Crippen molar-refractivity contribution in [3.63, 3.8) is 0 Å². The molecule has 1 atom stereocenters. The Balaban J connectivity index is 2.04. The van der Waals surface area contributed by atoms with Gasteiger partial charge >= 0.3 is 0 Å². The number of nitrogens with one attached hydrogen (secondary N) is 2. The van der Waals surface area contributed by atoms with Crippen molar-refractivity contribution < 1.29 is 4.79 Å². The van der Waals surface area contributed by atoms with Gasteiger partial charge in [0, 0.05) is 16.3 Å². The van der Waals surface area contributed by atoms with E-state index in [1.807, 2.05) is 13.0 Å². The fourth-order valence-corrected chi connectivity index (χ4v) is 3.51. The van der Waals surface area contributed by atoms with E-state index in [2.05, 4.69) is 35.5 Å². The highest BCUT2D eigenvalue weighted by molar-refractivity contribution is 7.18. The number of nitrogen functional groups attached to an aromatic ring is 1. The number of aryl methyl sites for hydroxylation is 1. The third-order valence-electron chi connectivity index (χ3n) is 2.92. The molecule has 0 bridgehead atoms. The van der Waals surface area contributed by atoms with Crippen molar-refractivity contribution in [3.05, 3.63) is 26.8 Å². The zero-order valence-electron chi connectivity index (χ0n) is 12.4. The second-order valence-corrected chi connectivity index (χ2v) is 7.12. The van der Waals surface area contributed by atoms with Crippen molar-refractivity contribution in [2.75, 3.05) is 17.6 Å². The number of carbonyl (C=O) groups excluding carboxylic acids is 1. The molecule has 1 amide bonds. The van der Waals surface area contributed by atoms with Gasteiger partial charge in [0.2, 0.25) is 0 Å². The molecule has 0 fully saturated rings. The van der Waals surface area contributed by atoms with E-state index in [0.29, 0.717) is 10.0 Å². The molecule has 1 unspecified atom stereocenters. The van der Waals surface area contributed by atoms with E-state index in [4.69, 9.17) is 5.73 Å². The lowest BCUT2D eigenvalue weighted by atomic mass is 10.2. The van der Waals surface area contributed by atoms with Gasteiger partial charge in [-0.1, -0.05) is 18.3 Å². The second kappa shape index (κ2) is 6.91. The Bertz CT molecular complexity index is 620. The molecule has 114 valence electrons. The van der Waals surface area contributed by atoms with Crippen LogP contribution in [0.5, 0.6) is 0 Å². The van der Waals surface area contributed by atoms with E-state index in [-0.39, 0.29) is 17.8 Å². The maximum Gasteiger partial charge on any atom is 0.265 e. The molecule has 0 saturated heterocycles. The van der Waals surface area contributed by atoms with Crippen LogP contribution in [0.3, 0.4) is 0 Å². The van der Waals surface area contributed by atoms with Gasteiger partial charge in [-0.05, 0) is 32.4 Å². The van der Waals surface area contributed by atoms with Crippen molar-refractivity contribution in [2.24, 2.45) is 0 Å². The molecule has 0 aliphatic heterocycles. The highest BCUT2D eigenvalue weighted by atomic mass is 32.1. The third kappa shape index (κ3) is 3.95. The first-order chi connectivity index (χ1) is 10.0. The lowest BCUT2D eigenvalue weighted by Gasteiger charge is -2.11. The smallest absolute Gasteiger partial charge is 0.265 e. The van der Waals surface area contributed by atoms with Crippen molar-refractivity contribution in [1.29, 1.82) is 0 Å². The van der Waals surface area contributed by atoms with Gasteiger partial charge in [0.05, 0.1) is 6.04 Å². The van der Waals surface area contributed by atoms with E-state index in [0.717, 1.165) is 17.8 Å². The maximum absolute atomic E-state index is 12.3. The van der Waals surface area contributed by atoms with Crippen molar-refractivity contribution in [3.8, 4) is 0 Å². The van der Waals surface area contributed by atoms with Gasteiger partial charge in [-0.2, -0.15) is 0 Å². The Labute approximate surface area is 132 Å². The first-order valence-electron chi connectivity index (χ1n) is 6.88. The van der Waals surface area contributed by atoms with Crippen LogP contribution >= 0.6 is 22.7 Å². The summed E-state index contributed by atoms with van der Waals surface area (Å²) in [7, 11) is 0. The number of amides is 1. The Morgan fingerprint density at radius 1 is 1.43 bits per heavy atom. The number of carbonyl (C=O) groups is 1. The topological polar surface area (TPSA) is 80.0 Å². The number of hydrogen-bond acceptors (Lipinski definition) is 6. The molecular formula is C14H20N4OS2. The van der Waals surface area contributed by atoms with E-state index < -0.39 is 0 Å². The molecule has 2 aromatic heterocycles. The fourth-order valence-electron chi connectivity index (χ4n) is 1.82. The third-order valence-corrected chi connectivity index (χ3v) is 5.13. The van der Waals surface area contributed by atoms with Crippen LogP contribution in [0.4, 0.5) is 10.9 Å². The second-order valence-electron chi connectivity index (χ2n) is 4.80. The minimum absolute atomic E-state index is 0.0373. The first kappa shape index (κ1) is 15.8. The van der Waals surface area contributed by atoms with Crippen molar-refractivity contribution in [2.45, 2.75) is 33.2 Å². The Morgan fingerprint density at radius 2 is 2.19 bits per heavy atom. The number of thiophene rings is 1. The molecule has 21 heavy (non-hydrogen) atoms. The summed E-state index contributed by atoms with van der Waals surface area (Å²) >= 11 is 2.98. The lowest BCUT2D eigenvalue weighted by molar-refractivity contribution is 0.0945. The Kier molecular flexibility index (Phi) is 5.19. The SMILES string of the molecule is CCCNc1nc(N)c(C(=O)NC(C)c2ccc(C)s2)s1. The molecule has 2 aromatic rings.